The van der Waals surface area contributed by atoms with E-state index >= 15 is 0 Å². The van der Waals surface area contributed by atoms with Gasteiger partial charge >= 0.3 is 11.2 Å². The van der Waals surface area contributed by atoms with Crippen molar-refractivity contribution in [2.24, 2.45) is 0 Å². The Balaban J connectivity index is 1.77. The summed E-state index contributed by atoms with van der Waals surface area (Å²) in [4.78, 5) is 27.0. The third-order valence-corrected chi connectivity index (χ3v) is 3.72. The maximum atomic E-state index is 13.1. The molecule has 2 aromatic heterocycles. The van der Waals surface area contributed by atoms with Gasteiger partial charge in [-0.05, 0) is 42.7 Å². The van der Waals surface area contributed by atoms with Crippen LogP contribution in [0.5, 0.6) is 0 Å². The van der Waals surface area contributed by atoms with Gasteiger partial charge in [-0.3, -0.25) is 19.3 Å². The van der Waals surface area contributed by atoms with Gasteiger partial charge in [0.15, 0.2) is 0 Å². The van der Waals surface area contributed by atoms with Gasteiger partial charge in [0.05, 0.1) is 4.92 Å². The van der Waals surface area contributed by atoms with Crippen molar-refractivity contribution in [3.63, 3.8) is 0 Å². The number of aryl methyl sites for hydroxylation is 1. The summed E-state index contributed by atoms with van der Waals surface area (Å²) in [5.41, 5.74) is -0.161. The molecule has 0 saturated carbocycles. The summed E-state index contributed by atoms with van der Waals surface area (Å²) < 4.78 is 14.3. The smallest absolute Gasteiger partial charge is 0.364 e. The maximum absolute atomic E-state index is 13.1. The predicted molar refractivity (Wildman–Crippen MR) is 91.3 cm³/mol. The lowest BCUT2D eigenvalue weighted by molar-refractivity contribution is -0.385. The van der Waals surface area contributed by atoms with Crippen LogP contribution < -0.4 is 10.9 Å². The third-order valence-electron chi connectivity index (χ3n) is 3.72. The third kappa shape index (κ3) is 3.63. The quantitative estimate of drug-likeness (QED) is 0.423. The minimum absolute atomic E-state index is 0.0551. The zero-order chi connectivity index (χ0) is 17.8. The lowest BCUT2D eigenvalue weighted by Gasteiger charge is -2.08. The molecule has 0 aliphatic carbocycles. The van der Waals surface area contributed by atoms with Crippen molar-refractivity contribution in [1.29, 1.82) is 0 Å². The highest BCUT2D eigenvalue weighted by molar-refractivity contribution is 5.59. The van der Waals surface area contributed by atoms with Crippen molar-refractivity contribution in [1.82, 2.24) is 9.38 Å². The number of hydrogen-bond donors (Lipinski definition) is 1. The fourth-order valence-corrected chi connectivity index (χ4v) is 2.56. The number of aromatic nitrogens is 2. The molecule has 0 aliphatic heterocycles. The van der Waals surface area contributed by atoms with Crippen molar-refractivity contribution in [3.8, 4) is 0 Å². The van der Waals surface area contributed by atoms with Gasteiger partial charge in [0, 0.05) is 12.7 Å². The Kier molecular flexibility index (Phi) is 4.69. The summed E-state index contributed by atoms with van der Waals surface area (Å²) in [6, 6.07) is 11.2. The predicted octanol–water partition coefficient (Wildman–Crippen LogP) is 2.79. The minimum atomic E-state index is -0.733. The molecule has 0 aliphatic rings. The molecule has 0 unspecified atom stereocenters. The summed E-state index contributed by atoms with van der Waals surface area (Å²) in [7, 11) is 0. The van der Waals surface area contributed by atoms with E-state index in [-0.39, 0.29) is 11.6 Å². The zero-order valence-electron chi connectivity index (χ0n) is 13.2. The standard InChI is InChI=1S/C17H15FN4O3/c18-13-7-3-5-12(11-13)6-4-9-19-16-15(22(24)25)17(23)21-10-2-1-8-14(21)20-16/h1-3,5,7-8,10-11,19H,4,6,9H2. The van der Waals surface area contributed by atoms with E-state index in [4.69, 9.17) is 0 Å². The lowest BCUT2D eigenvalue weighted by atomic mass is 10.1. The van der Waals surface area contributed by atoms with Crippen LogP contribution in [0.4, 0.5) is 15.9 Å². The van der Waals surface area contributed by atoms with Gasteiger partial charge in [-0.2, -0.15) is 0 Å². The Morgan fingerprint density at radius 2 is 2.08 bits per heavy atom. The van der Waals surface area contributed by atoms with E-state index in [2.05, 4.69) is 10.3 Å². The maximum Gasteiger partial charge on any atom is 0.376 e. The van der Waals surface area contributed by atoms with Crippen LogP contribution in [0.1, 0.15) is 12.0 Å². The van der Waals surface area contributed by atoms with Crippen molar-refractivity contribution in [3.05, 3.63) is 80.5 Å². The molecule has 0 fully saturated rings. The number of pyridine rings is 1. The topological polar surface area (TPSA) is 89.5 Å². The number of benzene rings is 1. The number of rotatable bonds is 6. The molecule has 1 aromatic carbocycles. The van der Waals surface area contributed by atoms with Gasteiger partial charge in [-0.25, -0.2) is 9.37 Å². The van der Waals surface area contributed by atoms with E-state index < -0.39 is 16.2 Å². The summed E-state index contributed by atoms with van der Waals surface area (Å²) in [5.74, 6) is -0.356. The van der Waals surface area contributed by atoms with Gasteiger partial charge in [-0.1, -0.05) is 18.2 Å². The highest BCUT2D eigenvalue weighted by Gasteiger charge is 2.22. The number of fused-ring (bicyclic) bond motifs is 1. The monoisotopic (exact) mass is 342 g/mol. The normalized spacial score (nSPS) is 10.8. The van der Waals surface area contributed by atoms with Crippen LogP contribution in [0.25, 0.3) is 5.65 Å². The van der Waals surface area contributed by atoms with Crippen molar-refractivity contribution >= 4 is 17.2 Å². The van der Waals surface area contributed by atoms with Gasteiger partial charge in [-0.15, -0.1) is 0 Å². The number of halogens is 1. The van der Waals surface area contributed by atoms with Crippen molar-refractivity contribution in [2.45, 2.75) is 12.8 Å². The van der Waals surface area contributed by atoms with E-state index in [1.54, 1.807) is 24.3 Å². The number of nitrogens with zero attached hydrogens (tertiary/aromatic N) is 3. The second-order valence-corrected chi connectivity index (χ2v) is 5.46. The summed E-state index contributed by atoms with van der Waals surface area (Å²) in [6.45, 7) is 0.368. The van der Waals surface area contributed by atoms with Crippen molar-refractivity contribution in [2.75, 3.05) is 11.9 Å². The SMILES string of the molecule is O=c1c([N+](=O)[O-])c(NCCCc2cccc(F)c2)nc2ccccn12. The van der Waals surface area contributed by atoms with Gasteiger partial charge in [0.1, 0.15) is 11.5 Å². The molecule has 0 saturated heterocycles. The Morgan fingerprint density at radius 3 is 2.84 bits per heavy atom. The molecule has 0 bridgehead atoms. The molecule has 0 amide bonds. The average molecular weight is 342 g/mol. The summed E-state index contributed by atoms with van der Waals surface area (Å²) >= 11 is 0. The molecule has 128 valence electrons. The largest absolute Gasteiger partial charge is 0.376 e. The van der Waals surface area contributed by atoms with Crippen LogP contribution in [0.15, 0.2) is 53.5 Å². The first kappa shape index (κ1) is 16.6. The number of anilines is 1. The van der Waals surface area contributed by atoms with Gasteiger partial charge in [0.2, 0.25) is 5.82 Å². The molecule has 3 aromatic rings. The van der Waals surface area contributed by atoms with Crippen LogP contribution in [0.2, 0.25) is 0 Å². The van der Waals surface area contributed by atoms with E-state index in [1.807, 2.05) is 6.07 Å². The molecule has 2 heterocycles. The highest BCUT2D eigenvalue weighted by atomic mass is 19.1. The van der Waals surface area contributed by atoms with Gasteiger partial charge < -0.3 is 5.32 Å². The van der Waals surface area contributed by atoms with Crippen LogP contribution in [-0.4, -0.2) is 20.9 Å². The highest BCUT2D eigenvalue weighted by Crippen LogP contribution is 2.18. The zero-order valence-corrected chi connectivity index (χ0v) is 13.2. The van der Waals surface area contributed by atoms with Crippen molar-refractivity contribution < 1.29 is 9.31 Å². The molecule has 7 nitrogen and oxygen atoms in total. The Hall–Kier alpha value is -3.29. The molecule has 8 heteroatoms. The first-order valence-electron chi connectivity index (χ1n) is 7.70. The first-order valence-corrected chi connectivity index (χ1v) is 7.70. The lowest BCUT2D eigenvalue weighted by Crippen LogP contribution is -2.21. The number of nitro groups is 1. The number of nitrogens with one attached hydrogen (secondary N) is 1. The van der Waals surface area contributed by atoms with Crippen LogP contribution in [0, 0.1) is 15.9 Å². The average Bonchev–Trinajstić information content (AvgIpc) is 2.58. The van der Waals surface area contributed by atoms with E-state index in [9.17, 15) is 19.3 Å². The summed E-state index contributed by atoms with van der Waals surface area (Å²) in [6.07, 6.45) is 2.65. The minimum Gasteiger partial charge on any atom is -0.364 e. The molecule has 25 heavy (non-hydrogen) atoms. The van der Waals surface area contributed by atoms with E-state index in [1.165, 1.54) is 18.3 Å². The Bertz CT molecular complexity index is 987. The molecular weight excluding hydrogens is 327 g/mol. The molecular formula is C17H15FN4O3. The molecule has 0 atom stereocenters. The fourth-order valence-electron chi connectivity index (χ4n) is 2.56. The molecule has 3 rings (SSSR count). The van der Waals surface area contributed by atoms with Crippen LogP contribution >= 0.6 is 0 Å². The van der Waals surface area contributed by atoms with E-state index in [0.717, 1.165) is 9.96 Å². The summed E-state index contributed by atoms with van der Waals surface area (Å²) in [5, 5.41) is 14.1. The second kappa shape index (κ2) is 7.08. The molecule has 0 spiro atoms. The fraction of sp³-hybridized carbons (Fsp3) is 0.176. The first-order chi connectivity index (χ1) is 12.1. The van der Waals surface area contributed by atoms with Crippen LogP contribution in [0.3, 0.4) is 0 Å². The molecule has 1 N–H and O–H groups in total. The van der Waals surface area contributed by atoms with Gasteiger partial charge in [0.25, 0.3) is 0 Å². The Morgan fingerprint density at radius 1 is 1.24 bits per heavy atom. The van der Waals surface area contributed by atoms with Crippen LogP contribution in [-0.2, 0) is 6.42 Å². The molecule has 0 radical (unpaired) electrons. The number of hydrogen-bond acceptors (Lipinski definition) is 5. The van der Waals surface area contributed by atoms with E-state index in [0.29, 0.717) is 25.0 Å². The Labute approximate surface area is 141 Å². The second-order valence-electron chi connectivity index (χ2n) is 5.46.